The molecule has 0 unspecified atom stereocenters. The van der Waals surface area contributed by atoms with Crippen LogP contribution < -0.4 is 5.32 Å². The van der Waals surface area contributed by atoms with Gasteiger partial charge in [0.25, 0.3) is 0 Å². The first kappa shape index (κ1) is 15.7. The quantitative estimate of drug-likeness (QED) is 0.776. The van der Waals surface area contributed by atoms with Crippen molar-refractivity contribution in [3.63, 3.8) is 0 Å². The molecular formula is C12H24N2O3. The molecule has 0 fully saturated rings. The van der Waals surface area contributed by atoms with Crippen molar-refractivity contribution in [3.8, 4) is 0 Å². The molecule has 0 aliphatic carbocycles. The molecule has 5 nitrogen and oxygen atoms in total. The lowest BCUT2D eigenvalue weighted by atomic mass is 9.97. The summed E-state index contributed by atoms with van der Waals surface area (Å²) in [6.45, 7) is 10.7. The molecule has 0 radical (unpaired) electrons. The minimum absolute atomic E-state index is 0.00526. The number of amides is 2. The fraction of sp³-hybridized carbons (Fsp3) is 0.833. The zero-order valence-electron chi connectivity index (χ0n) is 11.4. The molecule has 2 N–H and O–H groups in total. The van der Waals surface area contributed by atoms with E-state index in [9.17, 15) is 9.59 Å². The van der Waals surface area contributed by atoms with Gasteiger partial charge in [0.05, 0.1) is 6.42 Å². The van der Waals surface area contributed by atoms with Gasteiger partial charge >= 0.3 is 12.0 Å². The third-order valence-corrected chi connectivity index (χ3v) is 2.22. The van der Waals surface area contributed by atoms with Gasteiger partial charge in [-0.05, 0) is 19.3 Å². The van der Waals surface area contributed by atoms with Gasteiger partial charge in [-0.1, -0.05) is 20.8 Å². The van der Waals surface area contributed by atoms with Gasteiger partial charge in [0, 0.05) is 19.1 Å². The molecule has 0 bridgehead atoms. The predicted octanol–water partition coefficient (Wildman–Crippen LogP) is 1.93. The predicted molar refractivity (Wildman–Crippen MR) is 66.9 cm³/mol. The molecule has 100 valence electrons. The second kappa shape index (κ2) is 6.47. The van der Waals surface area contributed by atoms with E-state index in [2.05, 4.69) is 5.32 Å². The first-order chi connectivity index (χ1) is 7.63. The molecule has 0 aliphatic rings. The Morgan fingerprint density at radius 2 is 1.82 bits per heavy atom. The molecule has 0 heterocycles. The molecule has 17 heavy (non-hydrogen) atoms. The summed E-state index contributed by atoms with van der Waals surface area (Å²) in [5.74, 6) is -0.890. The summed E-state index contributed by atoms with van der Waals surface area (Å²) in [6.07, 6.45) is -0.0267. The van der Waals surface area contributed by atoms with Crippen LogP contribution in [-0.2, 0) is 4.79 Å². The lowest BCUT2D eigenvalue weighted by Crippen LogP contribution is -2.47. The summed E-state index contributed by atoms with van der Waals surface area (Å²) in [4.78, 5) is 23.9. The molecule has 0 saturated heterocycles. The van der Waals surface area contributed by atoms with Crippen molar-refractivity contribution in [1.82, 2.24) is 10.2 Å². The molecule has 5 heteroatoms. The summed E-state index contributed by atoms with van der Waals surface area (Å²) < 4.78 is 0. The highest BCUT2D eigenvalue weighted by Crippen LogP contribution is 2.11. The Kier molecular flexibility index (Phi) is 5.99. The molecule has 0 spiro atoms. The van der Waals surface area contributed by atoms with Gasteiger partial charge in [0.2, 0.25) is 0 Å². The van der Waals surface area contributed by atoms with E-state index in [0.717, 1.165) is 0 Å². The zero-order chi connectivity index (χ0) is 13.6. The molecule has 0 aromatic heterocycles. The summed E-state index contributed by atoms with van der Waals surface area (Å²) in [6, 6.07) is -0.203. The van der Waals surface area contributed by atoms with Gasteiger partial charge in [0.15, 0.2) is 0 Å². The Balaban J connectivity index is 4.30. The number of nitrogens with one attached hydrogen (secondary N) is 1. The van der Waals surface area contributed by atoms with Crippen LogP contribution in [0.15, 0.2) is 0 Å². The number of carboxylic acids is 1. The lowest BCUT2D eigenvalue weighted by molar-refractivity contribution is -0.137. The normalized spacial score (nSPS) is 11.4. The Bertz CT molecular complexity index is 269. The lowest BCUT2D eigenvalue weighted by Gasteiger charge is -2.28. The monoisotopic (exact) mass is 244 g/mol. The van der Waals surface area contributed by atoms with Crippen LogP contribution in [0, 0.1) is 5.41 Å². The standard InChI is InChI=1S/C12H24N2O3/c1-9(2)14(7-6-10(15)16)11(17)13-8-12(3,4)5/h9H,6-8H2,1-5H3,(H,13,17)(H,15,16). The fourth-order valence-electron chi connectivity index (χ4n) is 1.25. The van der Waals surface area contributed by atoms with Gasteiger partial charge in [-0.3, -0.25) is 4.79 Å². The summed E-state index contributed by atoms with van der Waals surface area (Å²) >= 11 is 0. The second-order valence-corrected chi connectivity index (χ2v) is 5.65. The Hall–Kier alpha value is -1.26. The van der Waals surface area contributed by atoms with E-state index in [0.29, 0.717) is 6.54 Å². The highest BCUT2D eigenvalue weighted by Gasteiger charge is 2.19. The smallest absolute Gasteiger partial charge is 0.317 e. The van der Waals surface area contributed by atoms with Crippen molar-refractivity contribution in [2.75, 3.05) is 13.1 Å². The van der Waals surface area contributed by atoms with Crippen LogP contribution in [0.25, 0.3) is 0 Å². The third kappa shape index (κ3) is 7.60. The number of carboxylic acid groups (broad SMARTS) is 1. The van der Waals surface area contributed by atoms with Crippen molar-refractivity contribution in [2.45, 2.75) is 47.1 Å². The van der Waals surface area contributed by atoms with Crippen LogP contribution in [0.1, 0.15) is 41.0 Å². The molecule has 0 aliphatic heterocycles. The molecule has 0 aromatic rings. The van der Waals surface area contributed by atoms with E-state index in [4.69, 9.17) is 5.11 Å². The number of urea groups is 1. The third-order valence-electron chi connectivity index (χ3n) is 2.22. The van der Waals surface area contributed by atoms with E-state index < -0.39 is 5.97 Å². The van der Waals surface area contributed by atoms with Gasteiger partial charge < -0.3 is 15.3 Å². The number of carbonyl (C=O) groups excluding carboxylic acids is 1. The van der Waals surface area contributed by atoms with E-state index in [1.807, 2.05) is 34.6 Å². The maximum atomic E-state index is 11.9. The van der Waals surface area contributed by atoms with Gasteiger partial charge in [0.1, 0.15) is 0 Å². The molecule has 0 aromatic carbocycles. The van der Waals surface area contributed by atoms with Crippen LogP contribution in [0.3, 0.4) is 0 Å². The largest absolute Gasteiger partial charge is 0.481 e. The Morgan fingerprint density at radius 3 is 2.18 bits per heavy atom. The highest BCUT2D eigenvalue weighted by atomic mass is 16.4. The Labute approximate surface area is 103 Å². The van der Waals surface area contributed by atoms with Crippen molar-refractivity contribution in [2.24, 2.45) is 5.41 Å². The van der Waals surface area contributed by atoms with Crippen molar-refractivity contribution in [1.29, 1.82) is 0 Å². The summed E-state index contributed by atoms with van der Waals surface area (Å²) in [7, 11) is 0. The topological polar surface area (TPSA) is 69.6 Å². The van der Waals surface area contributed by atoms with Gasteiger partial charge in [-0.2, -0.15) is 0 Å². The van der Waals surface area contributed by atoms with Crippen LogP contribution in [0.5, 0.6) is 0 Å². The number of rotatable bonds is 5. The van der Waals surface area contributed by atoms with Crippen molar-refractivity contribution in [3.05, 3.63) is 0 Å². The molecule has 2 amide bonds. The molecule has 0 rings (SSSR count). The second-order valence-electron chi connectivity index (χ2n) is 5.65. The first-order valence-corrected chi connectivity index (χ1v) is 5.90. The number of hydrogen-bond acceptors (Lipinski definition) is 2. The molecule has 0 atom stereocenters. The van der Waals surface area contributed by atoms with E-state index in [-0.39, 0.29) is 30.5 Å². The van der Waals surface area contributed by atoms with Gasteiger partial charge in [-0.15, -0.1) is 0 Å². The minimum Gasteiger partial charge on any atom is -0.481 e. The first-order valence-electron chi connectivity index (χ1n) is 5.90. The SMILES string of the molecule is CC(C)N(CCC(=O)O)C(=O)NCC(C)(C)C. The average Bonchev–Trinajstić information content (AvgIpc) is 2.12. The summed E-state index contributed by atoms with van der Waals surface area (Å²) in [5, 5.41) is 11.4. The molecule has 0 saturated carbocycles. The maximum Gasteiger partial charge on any atom is 0.317 e. The molecular weight excluding hydrogens is 220 g/mol. The minimum atomic E-state index is -0.890. The summed E-state index contributed by atoms with van der Waals surface area (Å²) in [5.41, 5.74) is 0.0190. The zero-order valence-corrected chi connectivity index (χ0v) is 11.4. The van der Waals surface area contributed by atoms with E-state index in [1.54, 1.807) is 4.90 Å². The van der Waals surface area contributed by atoms with Crippen LogP contribution in [0.2, 0.25) is 0 Å². The van der Waals surface area contributed by atoms with E-state index in [1.165, 1.54) is 0 Å². The van der Waals surface area contributed by atoms with E-state index >= 15 is 0 Å². The van der Waals surface area contributed by atoms with Crippen LogP contribution >= 0.6 is 0 Å². The number of aliphatic carboxylic acids is 1. The Morgan fingerprint density at radius 1 is 1.29 bits per heavy atom. The van der Waals surface area contributed by atoms with Crippen LogP contribution in [0.4, 0.5) is 4.79 Å². The number of nitrogens with zero attached hydrogens (tertiary/aromatic N) is 1. The number of hydrogen-bond donors (Lipinski definition) is 2. The highest BCUT2D eigenvalue weighted by molar-refractivity contribution is 5.75. The van der Waals surface area contributed by atoms with Crippen molar-refractivity contribution >= 4 is 12.0 Å². The number of carbonyl (C=O) groups is 2. The maximum absolute atomic E-state index is 11.9. The van der Waals surface area contributed by atoms with Gasteiger partial charge in [-0.25, -0.2) is 4.79 Å². The fourth-order valence-corrected chi connectivity index (χ4v) is 1.25. The average molecular weight is 244 g/mol. The van der Waals surface area contributed by atoms with Crippen LogP contribution in [-0.4, -0.2) is 41.1 Å². The van der Waals surface area contributed by atoms with Crippen molar-refractivity contribution < 1.29 is 14.7 Å².